The summed E-state index contributed by atoms with van der Waals surface area (Å²) in [5.74, 6) is 0.0227. The topological polar surface area (TPSA) is 80.0 Å². The van der Waals surface area contributed by atoms with Crippen LogP contribution < -0.4 is 5.59 Å². The van der Waals surface area contributed by atoms with Crippen LogP contribution in [0.5, 0.6) is 0 Å². The molecule has 3 heterocycles. The molecule has 1 atom stereocenters. The Labute approximate surface area is 191 Å². The number of amides is 1. The molecule has 4 rings (SSSR count). The minimum atomic E-state index is -0.986. The van der Waals surface area contributed by atoms with Gasteiger partial charge in [0.1, 0.15) is 5.69 Å². The van der Waals surface area contributed by atoms with Gasteiger partial charge < -0.3 is 14.7 Å². The van der Waals surface area contributed by atoms with Crippen molar-refractivity contribution in [1.29, 1.82) is 0 Å². The van der Waals surface area contributed by atoms with E-state index in [1.807, 2.05) is 35.4 Å². The molecule has 2 aromatic heterocycles. The first kappa shape index (κ1) is 23.2. The molecule has 0 bridgehead atoms. The third kappa shape index (κ3) is 4.44. The quantitative estimate of drug-likeness (QED) is 0.699. The Morgan fingerprint density at radius 3 is 2.59 bits per heavy atom. The molecule has 2 fully saturated rings. The van der Waals surface area contributed by atoms with Crippen molar-refractivity contribution in [3.05, 3.63) is 23.5 Å². The van der Waals surface area contributed by atoms with Gasteiger partial charge >= 0.3 is 7.48 Å². The Morgan fingerprint density at radius 2 is 1.94 bits per heavy atom. The SMILES string of the molecule is C[C@@H]1CCCCCN1C(=O)c1cc(C2(C)CC2)n2nc(BOC(C)(C)C(C)(C)O)cc2n1. The number of nitrogens with zero attached hydrogens (tertiary/aromatic N) is 4. The lowest BCUT2D eigenvalue weighted by atomic mass is 9.85. The van der Waals surface area contributed by atoms with E-state index in [0.29, 0.717) is 11.3 Å². The lowest BCUT2D eigenvalue weighted by Gasteiger charge is -2.37. The maximum atomic E-state index is 13.5. The van der Waals surface area contributed by atoms with Gasteiger partial charge in [0.15, 0.2) is 5.65 Å². The molecule has 2 aliphatic rings. The summed E-state index contributed by atoms with van der Waals surface area (Å²) in [6, 6.07) is 4.09. The Kier molecular flexibility index (Phi) is 5.91. The average Bonchev–Trinajstić information content (AvgIpc) is 3.38. The van der Waals surface area contributed by atoms with Gasteiger partial charge in [-0.15, -0.1) is 0 Å². The Bertz CT molecular complexity index is 1010. The van der Waals surface area contributed by atoms with E-state index in [2.05, 4.69) is 13.8 Å². The Balaban J connectivity index is 1.67. The van der Waals surface area contributed by atoms with Gasteiger partial charge in [-0.2, -0.15) is 5.10 Å². The second-order valence-corrected chi connectivity index (χ2v) is 11.0. The summed E-state index contributed by atoms with van der Waals surface area (Å²) in [7, 11) is 0.267. The molecule has 32 heavy (non-hydrogen) atoms. The highest BCUT2D eigenvalue weighted by Gasteiger charge is 2.42. The highest BCUT2D eigenvalue weighted by Crippen LogP contribution is 2.47. The molecule has 2 aromatic rings. The minimum Gasteiger partial charge on any atom is -0.425 e. The number of hydrogen-bond acceptors (Lipinski definition) is 5. The van der Waals surface area contributed by atoms with Crippen molar-refractivity contribution in [3.63, 3.8) is 0 Å². The van der Waals surface area contributed by atoms with Crippen LogP contribution in [-0.4, -0.2) is 61.8 Å². The lowest BCUT2D eigenvalue weighted by Crippen LogP contribution is -2.49. The van der Waals surface area contributed by atoms with E-state index in [9.17, 15) is 9.90 Å². The number of carbonyl (C=O) groups is 1. The normalized spacial score (nSPS) is 21.5. The fourth-order valence-electron chi connectivity index (χ4n) is 4.23. The highest BCUT2D eigenvalue weighted by molar-refractivity contribution is 6.46. The Morgan fingerprint density at radius 1 is 1.22 bits per heavy atom. The lowest BCUT2D eigenvalue weighted by molar-refractivity contribution is -0.0893. The molecule has 1 aliphatic heterocycles. The van der Waals surface area contributed by atoms with Crippen LogP contribution in [0, 0.1) is 0 Å². The van der Waals surface area contributed by atoms with Crippen LogP contribution in [0.4, 0.5) is 0 Å². The van der Waals surface area contributed by atoms with E-state index in [1.165, 1.54) is 12.8 Å². The number of aliphatic hydroxyl groups is 1. The van der Waals surface area contributed by atoms with Gasteiger partial charge in [0.05, 0.1) is 22.5 Å². The van der Waals surface area contributed by atoms with Gasteiger partial charge in [-0.1, -0.05) is 19.8 Å². The average molecular weight is 440 g/mol. The smallest absolute Gasteiger partial charge is 0.331 e. The molecule has 0 unspecified atom stereocenters. The van der Waals surface area contributed by atoms with E-state index < -0.39 is 11.2 Å². The number of carbonyl (C=O) groups excluding carboxylic acids is 1. The molecule has 7 nitrogen and oxygen atoms in total. The maximum absolute atomic E-state index is 13.5. The van der Waals surface area contributed by atoms with Gasteiger partial charge in [-0.25, -0.2) is 9.50 Å². The second-order valence-electron chi connectivity index (χ2n) is 11.0. The van der Waals surface area contributed by atoms with Crippen LogP contribution in [-0.2, 0) is 10.1 Å². The molecule has 1 saturated heterocycles. The Hall–Kier alpha value is -1.93. The zero-order valence-corrected chi connectivity index (χ0v) is 20.4. The molecule has 0 aromatic carbocycles. The summed E-state index contributed by atoms with van der Waals surface area (Å²) in [5.41, 5.74) is 1.29. The van der Waals surface area contributed by atoms with Gasteiger partial charge in [0.2, 0.25) is 0 Å². The number of rotatable bonds is 6. The summed E-state index contributed by atoms with van der Waals surface area (Å²) < 4.78 is 7.90. The van der Waals surface area contributed by atoms with E-state index in [4.69, 9.17) is 14.7 Å². The number of fused-ring (bicyclic) bond motifs is 1. The molecule has 8 heteroatoms. The molecule has 174 valence electrons. The summed E-state index contributed by atoms with van der Waals surface area (Å²) in [4.78, 5) is 20.2. The first-order valence-corrected chi connectivity index (χ1v) is 12.0. The van der Waals surface area contributed by atoms with Crippen molar-refractivity contribution in [2.24, 2.45) is 0 Å². The van der Waals surface area contributed by atoms with Crippen molar-refractivity contribution in [3.8, 4) is 0 Å². The molecule has 0 radical (unpaired) electrons. The van der Waals surface area contributed by atoms with Crippen molar-refractivity contribution < 1.29 is 14.6 Å². The van der Waals surface area contributed by atoms with Crippen LogP contribution in [0.25, 0.3) is 5.65 Å². The van der Waals surface area contributed by atoms with Crippen molar-refractivity contribution in [1.82, 2.24) is 19.5 Å². The van der Waals surface area contributed by atoms with E-state index >= 15 is 0 Å². The summed E-state index contributed by atoms with van der Waals surface area (Å²) in [6.07, 6.45) is 6.61. The fourth-order valence-corrected chi connectivity index (χ4v) is 4.23. The van der Waals surface area contributed by atoms with Gasteiger partial charge in [0.25, 0.3) is 5.91 Å². The highest BCUT2D eigenvalue weighted by atomic mass is 16.5. The van der Waals surface area contributed by atoms with Crippen molar-refractivity contribution in [2.45, 2.75) is 103 Å². The molecular formula is C24H37BN4O3. The van der Waals surface area contributed by atoms with E-state index in [0.717, 1.165) is 43.5 Å². The second kappa shape index (κ2) is 8.14. The van der Waals surface area contributed by atoms with Gasteiger partial charge in [0, 0.05) is 18.0 Å². The summed E-state index contributed by atoms with van der Waals surface area (Å²) in [5, 5.41) is 15.1. The first-order valence-electron chi connectivity index (χ1n) is 12.0. The summed E-state index contributed by atoms with van der Waals surface area (Å²) in [6.45, 7) is 12.4. The van der Waals surface area contributed by atoms with Crippen LogP contribution >= 0.6 is 0 Å². The zero-order valence-electron chi connectivity index (χ0n) is 20.4. The monoisotopic (exact) mass is 440 g/mol. The molecule has 1 aliphatic carbocycles. The third-order valence-electron chi connectivity index (χ3n) is 7.68. The first-order chi connectivity index (χ1) is 14.9. The third-order valence-corrected chi connectivity index (χ3v) is 7.68. The standard InChI is InChI=1S/C24H37BN4O3/c1-16-10-8-7-9-13-28(16)21(30)17-14-18(24(6)11-12-24)29-20(26-17)15-19(27-29)25-32-23(4,5)22(2,3)31/h14-16,25,31H,7-13H2,1-6H3/t16-/m1/s1. The van der Waals surface area contributed by atoms with Crippen LogP contribution in [0.1, 0.15) is 96.2 Å². The number of hydrogen-bond donors (Lipinski definition) is 1. The number of likely N-dealkylation sites (tertiary alicyclic amines) is 1. The zero-order chi connectivity index (χ0) is 23.3. The van der Waals surface area contributed by atoms with Crippen LogP contribution in [0.2, 0.25) is 0 Å². The van der Waals surface area contributed by atoms with Crippen molar-refractivity contribution in [2.75, 3.05) is 6.54 Å². The van der Waals surface area contributed by atoms with Crippen LogP contribution in [0.3, 0.4) is 0 Å². The van der Waals surface area contributed by atoms with Crippen molar-refractivity contribution >= 4 is 24.6 Å². The minimum absolute atomic E-state index is 0.0227. The molecule has 1 amide bonds. The van der Waals surface area contributed by atoms with Gasteiger partial charge in [-0.3, -0.25) is 4.79 Å². The molecule has 1 saturated carbocycles. The molecule has 1 N–H and O–H groups in total. The number of aromatic nitrogens is 3. The predicted molar refractivity (Wildman–Crippen MR) is 127 cm³/mol. The fraction of sp³-hybridized carbons (Fsp3) is 0.708. The molecule has 0 spiro atoms. The van der Waals surface area contributed by atoms with E-state index in [-0.39, 0.29) is 24.8 Å². The summed E-state index contributed by atoms with van der Waals surface area (Å²) >= 11 is 0. The van der Waals surface area contributed by atoms with E-state index in [1.54, 1.807) is 13.8 Å². The van der Waals surface area contributed by atoms with Crippen LogP contribution in [0.15, 0.2) is 12.1 Å². The predicted octanol–water partition coefficient (Wildman–Crippen LogP) is 2.73. The van der Waals surface area contributed by atoms with Gasteiger partial charge in [-0.05, 0) is 72.4 Å². The molecular weight excluding hydrogens is 403 g/mol. The largest absolute Gasteiger partial charge is 0.425 e. The maximum Gasteiger partial charge on any atom is 0.331 e.